The van der Waals surface area contributed by atoms with Crippen molar-refractivity contribution in [3.63, 3.8) is 0 Å². The van der Waals surface area contributed by atoms with Crippen LogP contribution in [0.5, 0.6) is 0 Å². The Kier molecular flexibility index (Phi) is 3.53. The third kappa shape index (κ3) is 2.24. The molecule has 0 amide bonds. The van der Waals surface area contributed by atoms with Crippen molar-refractivity contribution in [1.82, 2.24) is 10.3 Å². The van der Waals surface area contributed by atoms with Gasteiger partial charge in [-0.2, -0.15) is 0 Å². The lowest BCUT2D eigenvalue weighted by molar-refractivity contribution is 0.610. The molecule has 0 saturated heterocycles. The first-order valence-electron chi connectivity index (χ1n) is 4.73. The topological polar surface area (TPSA) is 24.9 Å². The van der Waals surface area contributed by atoms with Crippen molar-refractivity contribution in [2.75, 3.05) is 7.05 Å². The minimum Gasteiger partial charge on any atom is -0.309 e. The van der Waals surface area contributed by atoms with E-state index in [-0.39, 0.29) is 11.9 Å². The molecule has 0 fully saturated rings. The molecule has 2 nitrogen and oxygen atoms in total. The van der Waals surface area contributed by atoms with E-state index in [1.54, 1.807) is 6.20 Å². The summed E-state index contributed by atoms with van der Waals surface area (Å²) in [4.78, 5) is 4.81. The van der Waals surface area contributed by atoms with Gasteiger partial charge in [-0.25, -0.2) is 4.39 Å². The van der Waals surface area contributed by atoms with Crippen LogP contribution in [0.2, 0.25) is 5.02 Å². The molecule has 0 radical (unpaired) electrons. The molecule has 0 aliphatic rings. The summed E-state index contributed by atoms with van der Waals surface area (Å²) in [6.07, 6.45) is 2.83. The first-order chi connectivity index (χ1) is 7.72. The highest BCUT2D eigenvalue weighted by Gasteiger charge is 2.17. The number of hydrogen-bond donors (Lipinski definition) is 1. The van der Waals surface area contributed by atoms with Crippen LogP contribution in [0.3, 0.4) is 0 Å². The number of aromatic nitrogens is 1. The second-order valence-electron chi connectivity index (χ2n) is 3.29. The monoisotopic (exact) mass is 256 g/mol. The summed E-state index contributed by atoms with van der Waals surface area (Å²) in [7, 11) is 1.81. The van der Waals surface area contributed by atoms with E-state index < -0.39 is 0 Å². The number of hydrogen-bond acceptors (Lipinski definition) is 3. The highest BCUT2D eigenvalue weighted by Crippen LogP contribution is 2.32. The van der Waals surface area contributed by atoms with Gasteiger partial charge in [0.25, 0.3) is 0 Å². The lowest BCUT2D eigenvalue weighted by Crippen LogP contribution is -2.17. The quantitative estimate of drug-likeness (QED) is 0.912. The summed E-state index contributed by atoms with van der Waals surface area (Å²) in [6.45, 7) is 0. The van der Waals surface area contributed by atoms with E-state index in [4.69, 9.17) is 11.6 Å². The Balaban J connectivity index is 2.40. The smallest absolute Gasteiger partial charge is 0.141 e. The van der Waals surface area contributed by atoms with E-state index in [2.05, 4.69) is 10.3 Å². The maximum absolute atomic E-state index is 13.1. The van der Waals surface area contributed by atoms with Gasteiger partial charge in [-0.1, -0.05) is 11.6 Å². The third-order valence-corrected chi connectivity index (χ3v) is 3.68. The fraction of sp³-hybridized carbons (Fsp3) is 0.182. The van der Waals surface area contributed by atoms with Crippen molar-refractivity contribution in [3.05, 3.63) is 51.2 Å². The predicted octanol–water partition coefficient (Wildman–Crippen LogP) is 3.24. The van der Waals surface area contributed by atoms with Gasteiger partial charge >= 0.3 is 0 Å². The minimum atomic E-state index is -0.342. The first-order valence-corrected chi connectivity index (χ1v) is 5.98. The molecule has 0 saturated carbocycles. The molecule has 0 spiro atoms. The van der Waals surface area contributed by atoms with Crippen molar-refractivity contribution < 1.29 is 4.39 Å². The zero-order valence-corrected chi connectivity index (χ0v) is 10.1. The van der Waals surface area contributed by atoms with Crippen molar-refractivity contribution in [2.45, 2.75) is 6.04 Å². The SMILES string of the molecule is CNC(c1cncc(F)c1)c1sccc1Cl. The normalized spacial score (nSPS) is 12.7. The Morgan fingerprint density at radius 1 is 1.50 bits per heavy atom. The molecule has 0 bridgehead atoms. The van der Waals surface area contributed by atoms with Crippen LogP contribution in [0.15, 0.2) is 29.9 Å². The van der Waals surface area contributed by atoms with Crippen LogP contribution in [0.1, 0.15) is 16.5 Å². The molecule has 0 aliphatic carbocycles. The third-order valence-electron chi connectivity index (χ3n) is 2.25. The van der Waals surface area contributed by atoms with E-state index in [0.717, 1.165) is 10.4 Å². The van der Waals surface area contributed by atoms with Crippen molar-refractivity contribution >= 4 is 22.9 Å². The lowest BCUT2D eigenvalue weighted by Gasteiger charge is -2.15. The Morgan fingerprint density at radius 2 is 2.31 bits per heavy atom. The summed E-state index contributed by atoms with van der Waals surface area (Å²) in [6, 6.07) is 3.18. The standard InChI is InChI=1S/C11H10ClFN2S/c1-14-10(11-9(12)2-3-16-11)7-4-8(13)6-15-5-7/h2-6,10,14H,1H3. The Hall–Kier alpha value is -0.970. The Morgan fingerprint density at radius 3 is 2.88 bits per heavy atom. The van der Waals surface area contributed by atoms with Gasteiger partial charge in [0.1, 0.15) is 5.82 Å². The molecule has 16 heavy (non-hydrogen) atoms. The van der Waals surface area contributed by atoms with Crippen molar-refractivity contribution in [3.8, 4) is 0 Å². The van der Waals surface area contributed by atoms with Gasteiger partial charge in [0.2, 0.25) is 0 Å². The molecule has 5 heteroatoms. The maximum Gasteiger partial charge on any atom is 0.141 e. The predicted molar refractivity (Wildman–Crippen MR) is 64.4 cm³/mol. The van der Waals surface area contributed by atoms with E-state index in [9.17, 15) is 4.39 Å². The van der Waals surface area contributed by atoms with Crippen molar-refractivity contribution in [2.24, 2.45) is 0 Å². The number of nitrogens with zero attached hydrogens (tertiary/aromatic N) is 1. The van der Waals surface area contributed by atoms with Gasteiger partial charge in [-0.15, -0.1) is 11.3 Å². The Labute approximate surface area is 102 Å². The van der Waals surface area contributed by atoms with Crippen LogP contribution in [0, 0.1) is 5.82 Å². The number of rotatable bonds is 3. The fourth-order valence-electron chi connectivity index (χ4n) is 1.55. The van der Waals surface area contributed by atoms with Gasteiger partial charge < -0.3 is 5.32 Å². The fourth-order valence-corrected chi connectivity index (χ4v) is 2.85. The maximum atomic E-state index is 13.1. The number of nitrogens with one attached hydrogen (secondary N) is 1. The lowest BCUT2D eigenvalue weighted by atomic mass is 10.1. The van der Waals surface area contributed by atoms with Crippen LogP contribution in [-0.4, -0.2) is 12.0 Å². The number of thiophene rings is 1. The molecule has 1 N–H and O–H groups in total. The molecule has 1 unspecified atom stereocenters. The van der Waals surface area contributed by atoms with Crippen molar-refractivity contribution in [1.29, 1.82) is 0 Å². The van der Waals surface area contributed by atoms with E-state index >= 15 is 0 Å². The van der Waals surface area contributed by atoms with Crippen LogP contribution in [0.4, 0.5) is 4.39 Å². The van der Waals surface area contributed by atoms with Gasteiger partial charge in [0.15, 0.2) is 0 Å². The summed E-state index contributed by atoms with van der Waals surface area (Å²) >= 11 is 7.60. The van der Waals surface area contributed by atoms with E-state index in [1.807, 2.05) is 18.5 Å². The molecule has 2 rings (SSSR count). The van der Waals surface area contributed by atoms with Crippen LogP contribution >= 0.6 is 22.9 Å². The summed E-state index contributed by atoms with van der Waals surface area (Å²) < 4.78 is 13.1. The number of halogens is 2. The molecule has 2 aromatic rings. The van der Waals surface area contributed by atoms with E-state index in [1.165, 1.54) is 23.6 Å². The molecule has 0 aromatic carbocycles. The van der Waals surface area contributed by atoms with Crippen LogP contribution in [0.25, 0.3) is 0 Å². The summed E-state index contributed by atoms with van der Waals surface area (Å²) in [5, 5.41) is 5.71. The van der Waals surface area contributed by atoms with Gasteiger partial charge in [0.05, 0.1) is 17.3 Å². The van der Waals surface area contributed by atoms with Gasteiger partial charge in [0, 0.05) is 11.1 Å². The number of pyridine rings is 1. The molecule has 0 aliphatic heterocycles. The largest absolute Gasteiger partial charge is 0.309 e. The second kappa shape index (κ2) is 4.91. The zero-order chi connectivity index (χ0) is 11.5. The summed E-state index contributed by atoms with van der Waals surface area (Å²) in [5.74, 6) is -0.342. The molecule has 2 aromatic heterocycles. The average Bonchev–Trinajstić information content (AvgIpc) is 2.67. The summed E-state index contributed by atoms with van der Waals surface area (Å²) in [5.41, 5.74) is 0.770. The van der Waals surface area contributed by atoms with Crippen LogP contribution in [-0.2, 0) is 0 Å². The zero-order valence-electron chi connectivity index (χ0n) is 8.58. The molecule has 2 heterocycles. The Bertz CT molecular complexity index is 486. The minimum absolute atomic E-state index is 0.115. The molecule has 84 valence electrons. The van der Waals surface area contributed by atoms with Gasteiger partial charge in [-0.3, -0.25) is 4.98 Å². The molecule has 1 atom stereocenters. The molecular weight excluding hydrogens is 247 g/mol. The second-order valence-corrected chi connectivity index (χ2v) is 4.65. The van der Waals surface area contributed by atoms with E-state index in [0.29, 0.717) is 5.02 Å². The highest BCUT2D eigenvalue weighted by molar-refractivity contribution is 7.10. The van der Waals surface area contributed by atoms with Crippen LogP contribution < -0.4 is 5.32 Å². The van der Waals surface area contributed by atoms with Gasteiger partial charge in [-0.05, 0) is 30.1 Å². The molecular formula is C11H10ClFN2S. The highest BCUT2D eigenvalue weighted by atomic mass is 35.5. The first kappa shape index (κ1) is 11.5. The average molecular weight is 257 g/mol.